The van der Waals surface area contributed by atoms with Gasteiger partial charge in [-0.05, 0) is 40.5 Å². The number of carbonyl (C=O) groups excluding carboxylic acids is 1. The van der Waals surface area contributed by atoms with Crippen LogP contribution in [0.25, 0.3) is 0 Å². The lowest BCUT2D eigenvalue weighted by Gasteiger charge is -2.21. The van der Waals surface area contributed by atoms with Crippen LogP contribution in [0.4, 0.5) is 0 Å². The molecule has 0 aromatic heterocycles. The molecule has 90 valence electrons. The SMILES string of the molecule is CC(CCCO)NC(=O)CNC(C)(C)C. The first-order valence-electron chi connectivity index (χ1n) is 5.50. The fourth-order valence-electron chi connectivity index (χ4n) is 1.14. The van der Waals surface area contributed by atoms with Crippen molar-refractivity contribution in [3.8, 4) is 0 Å². The minimum absolute atomic E-state index is 0.00960. The molecule has 0 radical (unpaired) electrons. The third-order valence-electron chi connectivity index (χ3n) is 1.98. The van der Waals surface area contributed by atoms with Gasteiger partial charge in [-0.15, -0.1) is 0 Å². The van der Waals surface area contributed by atoms with Crippen molar-refractivity contribution in [1.29, 1.82) is 0 Å². The van der Waals surface area contributed by atoms with E-state index in [1.807, 2.05) is 27.7 Å². The Kier molecular flexibility index (Phi) is 6.52. The summed E-state index contributed by atoms with van der Waals surface area (Å²) >= 11 is 0. The maximum absolute atomic E-state index is 11.4. The molecular formula is C11H24N2O2. The van der Waals surface area contributed by atoms with E-state index < -0.39 is 0 Å². The summed E-state index contributed by atoms with van der Waals surface area (Å²) in [5.74, 6) is 0.00960. The van der Waals surface area contributed by atoms with Crippen LogP contribution < -0.4 is 10.6 Å². The molecule has 0 aliphatic heterocycles. The largest absolute Gasteiger partial charge is 0.396 e. The van der Waals surface area contributed by atoms with E-state index in [4.69, 9.17) is 5.11 Å². The van der Waals surface area contributed by atoms with Gasteiger partial charge in [-0.1, -0.05) is 0 Å². The second-order valence-corrected chi connectivity index (χ2v) is 4.94. The molecule has 0 rings (SSSR count). The van der Waals surface area contributed by atoms with E-state index in [0.717, 1.165) is 12.8 Å². The highest BCUT2D eigenvalue weighted by Gasteiger charge is 2.12. The Bertz CT molecular complexity index is 188. The average Bonchev–Trinajstić information content (AvgIpc) is 2.10. The summed E-state index contributed by atoms with van der Waals surface area (Å²) in [6.45, 7) is 8.54. The van der Waals surface area contributed by atoms with Crippen molar-refractivity contribution in [2.75, 3.05) is 13.2 Å². The first-order chi connectivity index (χ1) is 6.85. The van der Waals surface area contributed by atoms with Crippen LogP contribution >= 0.6 is 0 Å². The highest BCUT2D eigenvalue weighted by atomic mass is 16.2. The van der Waals surface area contributed by atoms with Crippen LogP contribution in [-0.4, -0.2) is 35.7 Å². The monoisotopic (exact) mass is 216 g/mol. The van der Waals surface area contributed by atoms with Gasteiger partial charge in [0.1, 0.15) is 0 Å². The van der Waals surface area contributed by atoms with E-state index in [9.17, 15) is 4.79 Å². The molecule has 0 bridgehead atoms. The Morgan fingerprint density at radius 2 is 2.00 bits per heavy atom. The minimum atomic E-state index is -0.0360. The summed E-state index contributed by atoms with van der Waals surface area (Å²) in [5.41, 5.74) is -0.0360. The fraction of sp³-hybridized carbons (Fsp3) is 0.909. The van der Waals surface area contributed by atoms with Crippen molar-refractivity contribution in [2.45, 2.75) is 52.1 Å². The number of hydrogen-bond acceptors (Lipinski definition) is 3. The Balaban J connectivity index is 3.64. The molecule has 3 N–H and O–H groups in total. The van der Waals surface area contributed by atoms with Crippen LogP contribution in [0.2, 0.25) is 0 Å². The Hall–Kier alpha value is -0.610. The third-order valence-corrected chi connectivity index (χ3v) is 1.98. The quantitative estimate of drug-likeness (QED) is 0.611. The minimum Gasteiger partial charge on any atom is -0.396 e. The number of hydrogen-bond donors (Lipinski definition) is 3. The molecule has 4 heteroatoms. The van der Waals surface area contributed by atoms with Gasteiger partial charge in [0, 0.05) is 18.2 Å². The fourth-order valence-corrected chi connectivity index (χ4v) is 1.14. The van der Waals surface area contributed by atoms with E-state index in [-0.39, 0.29) is 24.1 Å². The smallest absolute Gasteiger partial charge is 0.234 e. The van der Waals surface area contributed by atoms with Crippen LogP contribution in [0, 0.1) is 0 Å². The van der Waals surface area contributed by atoms with Crippen molar-refractivity contribution in [1.82, 2.24) is 10.6 Å². The summed E-state index contributed by atoms with van der Waals surface area (Å²) in [7, 11) is 0. The van der Waals surface area contributed by atoms with Gasteiger partial charge in [-0.25, -0.2) is 0 Å². The number of carbonyl (C=O) groups is 1. The van der Waals surface area contributed by atoms with Gasteiger partial charge in [0.2, 0.25) is 5.91 Å². The van der Waals surface area contributed by atoms with Crippen LogP contribution in [0.3, 0.4) is 0 Å². The number of nitrogens with one attached hydrogen (secondary N) is 2. The van der Waals surface area contributed by atoms with Gasteiger partial charge in [0.25, 0.3) is 0 Å². The van der Waals surface area contributed by atoms with Gasteiger partial charge in [0.15, 0.2) is 0 Å². The first kappa shape index (κ1) is 14.4. The van der Waals surface area contributed by atoms with Gasteiger partial charge in [0.05, 0.1) is 6.54 Å². The molecule has 0 saturated carbocycles. The second kappa shape index (κ2) is 6.80. The molecule has 0 saturated heterocycles. The van der Waals surface area contributed by atoms with Crippen molar-refractivity contribution >= 4 is 5.91 Å². The molecule has 0 aromatic rings. The average molecular weight is 216 g/mol. The van der Waals surface area contributed by atoms with E-state index in [1.54, 1.807) is 0 Å². The molecule has 0 heterocycles. The molecule has 1 amide bonds. The van der Waals surface area contributed by atoms with Gasteiger partial charge in [-0.3, -0.25) is 4.79 Å². The Morgan fingerprint density at radius 1 is 1.40 bits per heavy atom. The van der Waals surface area contributed by atoms with Crippen molar-refractivity contribution in [3.05, 3.63) is 0 Å². The molecule has 0 fully saturated rings. The molecule has 0 aliphatic carbocycles. The molecule has 15 heavy (non-hydrogen) atoms. The van der Waals surface area contributed by atoms with Crippen molar-refractivity contribution in [2.24, 2.45) is 0 Å². The number of amides is 1. The molecule has 0 spiro atoms. The maximum atomic E-state index is 11.4. The second-order valence-electron chi connectivity index (χ2n) is 4.94. The standard InChI is InChI=1S/C11H24N2O2/c1-9(6-5-7-14)13-10(15)8-12-11(2,3)4/h9,12,14H,5-8H2,1-4H3,(H,13,15). The zero-order chi connectivity index (χ0) is 11.9. The van der Waals surface area contributed by atoms with E-state index in [2.05, 4.69) is 10.6 Å². The molecule has 1 atom stereocenters. The number of rotatable bonds is 6. The Morgan fingerprint density at radius 3 is 2.47 bits per heavy atom. The third kappa shape index (κ3) is 9.69. The lowest BCUT2D eigenvalue weighted by Crippen LogP contribution is -2.45. The summed E-state index contributed by atoms with van der Waals surface area (Å²) < 4.78 is 0. The highest BCUT2D eigenvalue weighted by Crippen LogP contribution is 1.98. The Labute approximate surface area is 92.4 Å². The van der Waals surface area contributed by atoms with Gasteiger partial charge in [-0.2, -0.15) is 0 Å². The van der Waals surface area contributed by atoms with Crippen LogP contribution in [0.1, 0.15) is 40.5 Å². The number of aliphatic hydroxyl groups is 1. The first-order valence-corrected chi connectivity index (χ1v) is 5.50. The number of aliphatic hydroxyl groups excluding tert-OH is 1. The molecule has 1 unspecified atom stereocenters. The summed E-state index contributed by atoms with van der Waals surface area (Å²) in [4.78, 5) is 11.4. The van der Waals surface area contributed by atoms with E-state index in [1.165, 1.54) is 0 Å². The zero-order valence-electron chi connectivity index (χ0n) is 10.3. The van der Waals surface area contributed by atoms with Crippen molar-refractivity contribution < 1.29 is 9.90 Å². The van der Waals surface area contributed by atoms with Crippen LogP contribution in [0.15, 0.2) is 0 Å². The van der Waals surface area contributed by atoms with E-state index >= 15 is 0 Å². The molecule has 0 aromatic carbocycles. The summed E-state index contributed by atoms with van der Waals surface area (Å²) in [6, 6.07) is 0.131. The normalized spacial score (nSPS) is 13.7. The predicted octanol–water partition coefficient (Wildman–Crippen LogP) is 0.652. The molecule has 0 aliphatic rings. The zero-order valence-corrected chi connectivity index (χ0v) is 10.3. The lowest BCUT2D eigenvalue weighted by molar-refractivity contribution is -0.121. The summed E-state index contributed by atoms with van der Waals surface area (Å²) in [5, 5.41) is 14.6. The summed E-state index contributed by atoms with van der Waals surface area (Å²) in [6.07, 6.45) is 1.55. The maximum Gasteiger partial charge on any atom is 0.234 e. The van der Waals surface area contributed by atoms with Crippen LogP contribution in [0.5, 0.6) is 0 Å². The lowest BCUT2D eigenvalue weighted by atomic mass is 10.1. The van der Waals surface area contributed by atoms with E-state index in [0.29, 0.717) is 6.54 Å². The van der Waals surface area contributed by atoms with Gasteiger partial charge >= 0.3 is 0 Å². The van der Waals surface area contributed by atoms with Gasteiger partial charge < -0.3 is 15.7 Å². The highest BCUT2D eigenvalue weighted by molar-refractivity contribution is 5.78. The topological polar surface area (TPSA) is 61.4 Å². The predicted molar refractivity (Wildman–Crippen MR) is 61.7 cm³/mol. The van der Waals surface area contributed by atoms with Crippen molar-refractivity contribution in [3.63, 3.8) is 0 Å². The molecule has 4 nitrogen and oxygen atoms in total. The van der Waals surface area contributed by atoms with Crippen LogP contribution in [-0.2, 0) is 4.79 Å². The molecular weight excluding hydrogens is 192 g/mol.